The van der Waals surface area contributed by atoms with Crippen molar-refractivity contribution in [3.8, 4) is 0 Å². The van der Waals surface area contributed by atoms with E-state index >= 15 is 0 Å². The maximum Gasteiger partial charge on any atom is 0.239 e. The van der Waals surface area contributed by atoms with Crippen LogP contribution in [0.25, 0.3) is 0 Å². The van der Waals surface area contributed by atoms with Crippen LogP contribution in [-0.4, -0.2) is 42.9 Å². The molecule has 23 heavy (non-hydrogen) atoms. The number of nitrogens with two attached hydrogens (primary N) is 1. The molecule has 0 radical (unpaired) electrons. The lowest BCUT2D eigenvalue weighted by Gasteiger charge is -2.21. The number of carbonyl (C=O) groups is 2. The predicted molar refractivity (Wildman–Crippen MR) is 95.6 cm³/mol. The van der Waals surface area contributed by atoms with Gasteiger partial charge in [-0.25, -0.2) is 0 Å². The van der Waals surface area contributed by atoms with Gasteiger partial charge < -0.3 is 15.5 Å². The van der Waals surface area contributed by atoms with Crippen LogP contribution in [0.1, 0.15) is 12.8 Å². The largest absolute Gasteiger partial charge is 0.342 e. The van der Waals surface area contributed by atoms with Gasteiger partial charge in [0.25, 0.3) is 0 Å². The zero-order chi connectivity index (χ0) is 15.7. The highest BCUT2D eigenvalue weighted by molar-refractivity contribution is 9.10. The molecule has 0 aliphatic carbocycles. The van der Waals surface area contributed by atoms with E-state index in [2.05, 4.69) is 15.9 Å². The molecule has 2 heterocycles. The summed E-state index contributed by atoms with van der Waals surface area (Å²) in [6.07, 6.45) is 1.53. The third-order valence-electron chi connectivity index (χ3n) is 4.58. The van der Waals surface area contributed by atoms with Crippen molar-refractivity contribution in [2.75, 3.05) is 31.1 Å². The Morgan fingerprint density at radius 2 is 2.00 bits per heavy atom. The second kappa shape index (κ2) is 7.64. The summed E-state index contributed by atoms with van der Waals surface area (Å²) >= 11 is 3.47. The Balaban J connectivity index is 0.00000192. The number of carbonyl (C=O) groups excluding carboxylic acids is 2. The van der Waals surface area contributed by atoms with Crippen molar-refractivity contribution < 1.29 is 9.59 Å². The van der Waals surface area contributed by atoms with Crippen molar-refractivity contribution >= 4 is 45.8 Å². The molecule has 7 heteroatoms. The van der Waals surface area contributed by atoms with Crippen molar-refractivity contribution in [2.24, 2.45) is 17.6 Å². The lowest BCUT2D eigenvalue weighted by Crippen LogP contribution is -2.39. The standard InChI is InChI=1S/C16H20BrN3O2.ClH/c17-13-3-1-2-4-14(13)20-8-6-12(16(20)22)15(21)19-7-5-11(9-18)10-19;/h1-4,11-12H,5-10,18H2;1H. The summed E-state index contributed by atoms with van der Waals surface area (Å²) in [5.74, 6) is -0.285. The Morgan fingerprint density at radius 1 is 1.26 bits per heavy atom. The summed E-state index contributed by atoms with van der Waals surface area (Å²) in [7, 11) is 0. The summed E-state index contributed by atoms with van der Waals surface area (Å²) in [5, 5.41) is 0. The van der Waals surface area contributed by atoms with Gasteiger partial charge in [-0.2, -0.15) is 0 Å². The van der Waals surface area contributed by atoms with Gasteiger partial charge in [0, 0.05) is 24.1 Å². The molecule has 2 aliphatic rings. The van der Waals surface area contributed by atoms with Gasteiger partial charge in [0.15, 0.2) is 0 Å². The summed E-state index contributed by atoms with van der Waals surface area (Å²) < 4.78 is 0.876. The molecule has 2 amide bonds. The third-order valence-corrected chi connectivity index (χ3v) is 5.25. The number of rotatable bonds is 3. The Labute approximate surface area is 150 Å². The molecule has 0 aromatic heterocycles. The fourth-order valence-corrected chi connectivity index (χ4v) is 3.76. The van der Waals surface area contributed by atoms with E-state index in [1.807, 2.05) is 29.2 Å². The van der Waals surface area contributed by atoms with Gasteiger partial charge in [0.05, 0.1) is 5.69 Å². The molecule has 126 valence electrons. The van der Waals surface area contributed by atoms with E-state index in [-0.39, 0.29) is 24.2 Å². The first kappa shape index (κ1) is 18.2. The summed E-state index contributed by atoms with van der Waals surface area (Å²) in [6.45, 7) is 2.60. The van der Waals surface area contributed by atoms with Crippen molar-refractivity contribution in [3.63, 3.8) is 0 Å². The molecule has 2 atom stereocenters. The second-order valence-corrected chi connectivity index (χ2v) is 6.81. The minimum atomic E-state index is -0.538. The number of amides is 2. The molecule has 3 rings (SSSR count). The number of benzene rings is 1. The molecule has 2 N–H and O–H groups in total. The van der Waals surface area contributed by atoms with Crippen LogP contribution in [-0.2, 0) is 9.59 Å². The SMILES string of the molecule is Cl.NCC1CCN(C(=O)C2CCN(c3ccccc3Br)C2=O)C1. The number of likely N-dealkylation sites (tertiary alicyclic amines) is 1. The lowest BCUT2D eigenvalue weighted by atomic mass is 10.1. The molecule has 5 nitrogen and oxygen atoms in total. The van der Waals surface area contributed by atoms with Gasteiger partial charge in [-0.05, 0) is 53.4 Å². The highest BCUT2D eigenvalue weighted by Gasteiger charge is 2.41. The minimum absolute atomic E-state index is 0. The average Bonchev–Trinajstić information content (AvgIpc) is 3.14. The first-order chi connectivity index (χ1) is 10.6. The van der Waals surface area contributed by atoms with Gasteiger partial charge in [-0.15, -0.1) is 12.4 Å². The van der Waals surface area contributed by atoms with Crippen molar-refractivity contribution in [1.82, 2.24) is 4.90 Å². The fourth-order valence-electron chi connectivity index (χ4n) is 3.26. The molecule has 0 saturated carbocycles. The van der Waals surface area contributed by atoms with E-state index in [0.29, 0.717) is 32.0 Å². The smallest absolute Gasteiger partial charge is 0.239 e. The number of nitrogens with zero attached hydrogens (tertiary/aromatic N) is 2. The Hall–Kier alpha value is -1.11. The van der Waals surface area contributed by atoms with Gasteiger partial charge in [-0.1, -0.05) is 12.1 Å². The maximum absolute atomic E-state index is 12.6. The van der Waals surface area contributed by atoms with Crippen LogP contribution >= 0.6 is 28.3 Å². The average molecular weight is 403 g/mol. The van der Waals surface area contributed by atoms with Crippen LogP contribution in [0.5, 0.6) is 0 Å². The van der Waals surface area contributed by atoms with Crippen LogP contribution < -0.4 is 10.6 Å². The predicted octanol–water partition coefficient (Wildman–Crippen LogP) is 2.03. The molecule has 2 unspecified atom stereocenters. The molecule has 0 bridgehead atoms. The number of halogens is 2. The molecular weight excluding hydrogens is 382 g/mol. The van der Waals surface area contributed by atoms with Gasteiger partial charge in [0.2, 0.25) is 11.8 Å². The number of anilines is 1. The molecule has 1 aromatic rings. The zero-order valence-electron chi connectivity index (χ0n) is 12.8. The van der Waals surface area contributed by atoms with E-state index in [0.717, 1.165) is 23.1 Å². The highest BCUT2D eigenvalue weighted by atomic mass is 79.9. The van der Waals surface area contributed by atoms with Gasteiger partial charge in [-0.3, -0.25) is 9.59 Å². The van der Waals surface area contributed by atoms with Gasteiger partial charge >= 0.3 is 0 Å². The topological polar surface area (TPSA) is 66.6 Å². The first-order valence-electron chi connectivity index (χ1n) is 7.66. The Kier molecular flexibility index (Phi) is 6.06. The van der Waals surface area contributed by atoms with E-state index < -0.39 is 5.92 Å². The molecule has 1 aromatic carbocycles. The van der Waals surface area contributed by atoms with E-state index in [4.69, 9.17) is 5.73 Å². The molecule has 0 spiro atoms. The van der Waals surface area contributed by atoms with Crippen LogP contribution in [0.2, 0.25) is 0 Å². The van der Waals surface area contributed by atoms with Crippen LogP contribution in [0, 0.1) is 11.8 Å². The Morgan fingerprint density at radius 3 is 2.65 bits per heavy atom. The summed E-state index contributed by atoms with van der Waals surface area (Å²) in [6, 6.07) is 7.61. The van der Waals surface area contributed by atoms with E-state index in [9.17, 15) is 9.59 Å². The Bertz CT molecular complexity index is 598. The summed E-state index contributed by atoms with van der Waals surface area (Å²) in [5.41, 5.74) is 6.51. The van der Waals surface area contributed by atoms with E-state index in [1.165, 1.54) is 0 Å². The molecular formula is C16H21BrClN3O2. The lowest BCUT2D eigenvalue weighted by molar-refractivity contribution is -0.139. The highest BCUT2D eigenvalue weighted by Crippen LogP contribution is 2.32. The van der Waals surface area contributed by atoms with Crippen molar-refractivity contribution in [3.05, 3.63) is 28.7 Å². The molecule has 2 fully saturated rings. The third kappa shape index (κ3) is 3.54. The van der Waals surface area contributed by atoms with Crippen LogP contribution in [0.15, 0.2) is 28.7 Å². The van der Waals surface area contributed by atoms with E-state index in [1.54, 1.807) is 4.90 Å². The normalized spacial score (nSPS) is 24.0. The van der Waals surface area contributed by atoms with Crippen LogP contribution in [0.3, 0.4) is 0 Å². The number of para-hydroxylation sites is 1. The van der Waals surface area contributed by atoms with Crippen molar-refractivity contribution in [1.29, 1.82) is 0 Å². The zero-order valence-corrected chi connectivity index (χ0v) is 15.2. The number of hydrogen-bond acceptors (Lipinski definition) is 3. The monoisotopic (exact) mass is 401 g/mol. The fraction of sp³-hybridized carbons (Fsp3) is 0.500. The van der Waals surface area contributed by atoms with Gasteiger partial charge in [0.1, 0.15) is 5.92 Å². The maximum atomic E-state index is 12.6. The number of hydrogen-bond donors (Lipinski definition) is 1. The summed E-state index contributed by atoms with van der Waals surface area (Å²) in [4.78, 5) is 28.8. The first-order valence-corrected chi connectivity index (χ1v) is 8.46. The van der Waals surface area contributed by atoms with Crippen LogP contribution in [0.4, 0.5) is 5.69 Å². The van der Waals surface area contributed by atoms with Crippen molar-refractivity contribution in [2.45, 2.75) is 12.8 Å². The second-order valence-electron chi connectivity index (χ2n) is 5.96. The quantitative estimate of drug-likeness (QED) is 0.787. The molecule has 2 aliphatic heterocycles. The minimum Gasteiger partial charge on any atom is -0.342 e. The molecule has 2 saturated heterocycles.